The highest BCUT2D eigenvalue weighted by Gasteiger charge is 2.20. The first-order chi connectivity index (χ1) is 8.94. The molecule has 0 radical (unpaired) electrons. The second-order valence-electron chi connectivity index (χ2n) is 6.05. The van der Waals surface area contributed by atoms with Crippen molar-refractivity contribution < 1.29 is 14.3 Å². The number of benzene rings is 1. The molecule has 3 heteroatoms. The summed E-state index contributed by atoms with van der Waals surface area (Å²) in [5.74, 6) is 0.458. The van der Waals surface area contributed by atoms with Crippen LogP contribution >= 0.6 is 0 Å². The van der Waals surface area contributed by atoms with Gasteiger partial charge in [-0.15, -0.1) is 0 Å². The van der Waals surface area contributed by atoms with E-state index in [0.717, 1.165) is 18.6 Å². The van der Waals surface area contributed by atoms with Gasteiger partial charge in [0.15, 0.2) is 0 Å². The fourth-order valence-electron chi connectivity index (χ4n) is 2.23. The highest BCUT2D eigenvalue weighted by Crippen LogP contribution is 2.25. The molecule has 0 heterocycles. The molecule has 104 valence electrons. The van der Waals surface area contributed by atoms with Crippen molar-refractivity contribution in [3.8, 4) is 5.75 Å². The van der Waals surface area contributed by atoms with Crippen molar-refractivity contribution in [1.82, 2.24) is 0 Å². The summed E-state index contributed by atoms with van der Waals surface area (Å²) in [6.45, 7) is 5.59. The normalized spacial score (nSPS) is 16.4. The third kappa shape index (κ3) is 4.27. The first-order valence-electron chi connectivity index (χ1n) is 6.94. The summed E-state index contributed by atoms with van der Waals surface area (Å²) in [6.07, 6.45) is 4.98. The van der Waals surface area contributed by atoms with Gasteiger partial charge in [0.2, 0.25) is 0 Å². The third-order valence-corrected chi connectivity index (χ3v) is 3.07. The van der Waals surface area contributed by atoms with Crippen LogP contribution in [0, 0.1) is 0 Å². The minimum Gasteiger partial charge on any atom is -0.490 e. The van der Waals surface area contributed by atoms with Crippen LogP contribution in [0.1, 0.15) is 56.8 Å². The van der Waals surface area contributed by atoms with Crippen molar-refractivity contribution >= 4 is 5.97 Å². The molecular formula is C16H22O3. The lowest BCUT2D eigenvalue weighted by Gasteiger charge is -2.20. The summed E-state index contributed by atoms with van der Waals surface area (Å²) in [4.78, 5) is 12.0. The van der Waals surface area contributed by atoms with Crippen LogP contribution in [0.2, 0.25) is 0 Å². The topological polar surface area (TPSA) is 35.5 Å². The van der Waals surface area contributed by atoms with Gasteiger partial charge in [0.05, 0.1) is 11.7 Å². The zero-order valence-corrected chi connectivity index (χ0v) is 11.9. The molecule has 0 amide bonds. The van der Waals surface area contributed by atoms with Gasteiger partial charge in [-0.1, -0.05) is 6.07 Å². The summed E-state index contributed by atoms with van der Waals surface area (Å²) in [5.41, 5.74) is 0.0739. The standard InChI is InChI=1S/C16H22O3/c1-16(2,3)19-15(17)12-7-6-10-14(11-12)18-13-8-4-5-9-13/h6-7,10-11,13H,4-5,8-9H2,1-3H3. The molecule has 3 nitrogen and oxygen atoms in total. The quantitative estimate of drug-likeness (QED) is 0.773. The SMILES string of the molecule is CC(C)(C)OC(=O)c1cccc(OC2CCCC2)c1. The smallest absolute Gasteiger partial charge is 0.338 e. The first kappa shape index (κ1) is 13.9. The second kappa shape index (κ2) is 5.64. The van der Waals surface area contributed by atoms with Crippen molar-refractivity contribution in [2.75, 3.05) is 0 Å². The Balaban J connectivity index is 2.03. The van der Waals surface area contributed by atoms with Gasteiger partial charge in [-0.2, -0.15) is 0 Å². The number of carbonyl (C=O) groups excluding carboxylic acids is 1. The maximum atomic E-state index is 12.0. The van der Waals surface area contributed by atoms with E-state index >= 15 is 0 Å². The number of rotatable bonds is 3. The minimum absolute atomic E-state index is 0.300. The fourth-order valence-corrected chi connectivity index (χ4v) is 2.23. The zero-order valence-electron chi connectivity index (χ0n) is 11.9. The summed E-state index contributed by atoms with van der Waals surface area (Å²) < 4.78 is 11.2. The predicted molar refractivity (Wildman–Crippen MR) is 74.5 cm³/mol. The van der Waals surface area contributed by atoms with Crippen molar-refractivity contribution in [1.29, 1.82) is 0 Å². The highest BCUT2D eigenvalue weighted by atomic mass is 16.6. The number of carbonyl (C=O) groups is 1. The number of hydrogen-bond acceptors (Lipinski definition) is 3. The Morgan fingerprint density at radius 2 is 1.89 bits per heavy atom. The zero-order chi connectivity index (χ0) is 13.9. The van der Waals surface area contributed by atoms with Gasteiger partial charge in [0, 0.05) is 0 Å². The Kier molecular flexibility index (Phi) is 4.13. The number of esters is 1. The number of hydrogen-bond donors (Lipinski definition) is 0. The van der Waals surface area contributed by atoms with E-state index in [1.54, 1.807) is 12.1 Å². The van der Waals surface area contributed by atoms with E-state index in [0.29, 0.717) is 11.7 Å². The molecule has 0 aromatic heterocycles. The Hall–Kier alpha value is -1.51. The van der Waals surface area contributed by atoms with Crippen LogP contribution in [0.5, 0.6) is 5.75 Å². The molecule has 1 fully saturated rings. The highest BCUT2D eigenvalue weighted by molar-refractivity contribution is 5.90. The van der Waals surface area contributed by atoms with E-state index in [1.807, 2.05) is 32.9 Å². The van der Waals surface area contributed by atoms with E-state index in [1.165, 1.54) is 12.8 Å². The molecule has 0 aliphatic heterocycles. The van der Waals surface area contributed by atoms with Gasteiger partial charge in [0.25, 0.3) is 0 Å². The van der Waals surface area contributed by atoms with Crippen LogP contribution in [0.25, 0.3) is 0 Å². The van der Waals surface area contributed by atoms with Crippen molar-refractivity contribution in [3.05, 3.63) is 29.8 Å². The van der Waals surface area contributed by atoms with Gasteiger partial charge >= 0.3 is 5.97 Å². The van der Waals surface area contributed by atoms with Gasteiger partial charge < -0.3 is 9.47 Å². The molecule has 1 aromatic rings. The van der Waals surface area contributed by atoms with Crippen molar-refractivity contribution in [2.45, 2.75) is 58.2 Å². The van der Waals surface area contributed by atoms with Gasteiger partial charge in [-0.25, -0.2) is 4.79 Å². The van der Waals surface area contributed by atoms with Crippen molar-refractivity contribution in [3.63, 3.8) is 0 Å². The maximum absolute atomic E-state index is 12.0. The van der Waals surface area contributed by atoms with E-state index < -0.39 is 5.60 Å². The molecule has 0 saturated heterocycles. The van der Waals surface area contributed by atoms with Gasteiger partial charge in [-0.05, 0) is 64.7 Å². The molecule has 0 bridgehead atoms. The predicted octanol–water partition coefficient (Wildman–Crippen LogP) is 3.96. The molecule has 2 rings (SSSR count). The average Bonchev–Trinajstić information content (AvgIpc) is 2.80. The summed E-state index contributed by atoms with van der Waals surface area (Å²) in [5, 5.41) is 0. The lowest BCUT2D eigenvalue weighted by atomic mass is 10.1. The van der Waals surface area contributed by atoms with Gasteiger partial charge in [0.1, 0.15) is 11.4 Å². The van der Waals surface area contributed by atoms with Crippen LogP contribution in [-0.4, -0.2) is 17.7 Å². The molecule has 0 spiro atoms. The summed E-state index contributed by atoms with van der Waals surface area (Å²) in [6, 6.07) is 7.26. The molecule has 1 aliphatic carbocycles. The summed E-state index contributed by atoms with van der Waals surface area (Å²) in [7, 11) is 0. The van der Waals surface area contributed by atoms with E-state index in [4.69, 9.17) is 9.47 Å². The minimum atomic E-state index is -0.473. The Labute approximate surface area is 114 Å². The van der Waals surface area contributed by atoms with Crippen LogP contribution in [-0.2, 0) is 4.74 Å². The monoisotopic (exact) mass is 262 g/mol. The molecular weight excluding hydrogens is 240 g/mol. The summed E-state index contributed by atoms with van der Waals surface area (Å²) >= 11 is 0. The number of ether oxygens (including phenoxy) is 2. The average molecular weight is 262 g/mol. The van der Waals surface area contributed by atoms with Crippen LogP contribution in [0.4, 0.5) is 0 Å². The molecule has 0 unspecified atom stereocenters. The lowest BCUT2D eigenvalue weighted by Crippen LogP contribution is -2.23. The van der Waals surface area contributed by atoms with Crippen LogP contribution < -0.4 is 4.74 Å². The maximum Gasteiger partial charge on any atom is 0.338 e. The van der Waals surface area contributed by atoms with E-state index in [-0.39, 0.29) is 5.97 Å². The molecule has 19 heavy (non-hydrogen) atoms. The molecule has 0 N–H and O–H groups in total. The molecule has 0 atom stereocenters. The fraction of sp³-hybridized carbons (Fsp3) is 0.562. The molecule has 1 aromatic carbocycles. The molecule has 1 saturated carbocycles. The third-order valence-electron chi connectivity index (χ3n) is 3.07. The largest absolute Gasteiger partial charge is 0.490 e. The Bertz CT molecular complexity index is 440. The lowest BCUT2D eigenvalue weighted by molar-refractivity contribution is 0.00689. The van der Waals surface area contributed by atoms with Crippen molar-refractivity contribution in [2.24, 2.45) is 0 Å². The Morgan fingerprint density at radius 1 is 1.21 bits per heavy atom. The van der Waals surface area contributed by atoms with E-state index in [2.05, 4.69) is 0 Å². The second-order valence-corrected chi connectivity index (χ2v) is 6.05. The molecule has 1 aliphatic rings. The first-order valence-corrected chi connectivity index (χ1v) is 6.94. The Morgan fingerprint density at radius 3 is 2.53 bits per heavy atom. The van der Waals surface area contributed by atoms with E-state index in [9.17, 15) is 4.79 Å². The van der Waals surface area contributed by atoms with Crippen LogP contribution in [0.15, 0.2) is 24.3 Å². The van der Waals surface area contributed by atoms with Gasteiger partial charge in [-0.3, -0.25) is 0 Å². The van der Waals surface area contributed by atoms with Crippen LogP contribution in [0.3, 0.4) is 0 Å².